The van der Waals surface area contributed by atoms with E-state index in [0.29, 0.717) is 0 Å². The molecule has 0 saturated heterocycles. The average Bonchev–Trinajstić information content (AvgIpc) is 2.93. The summed E-state index contributed by atoms with van der Waals surface area (Å²) in [4.78, 5) is 0. The Bertz CT molecular complexity index is 734. The summed E-state index contributed by atoms with van der Waals surface area (Å²) in [5, 5.41) is 6.75. The Morgan fingerprint density at radius 2 is 1.00 bits per heavy atom. The van der Waals surface area contributed by atoms with Crippen LogP contribution in [0.4, 0.5) is 5.69 Å². The molecule has 0 aliphatic heterocycles. The van der Waals surface area contributed by atoms with Gasteiger partial charge in [0.1, 0.15) is 0 Å². The highest BCUT2D eigenvalue weighted by atomic mass is 28.4. The molecule has 2 aromatic rings. The highest BCUT2D eigenvalue weighted by Gasteiger charge is 2.37. The standard InChI is InChI=1S/C13H23NO3Si.C12H21NO3Si/c1-15-18(16-2,17-3)11-7-10-14-12-13-8-5-4-6-9-13;1-14-17(15-2,16-3)11-7-10-13-12-8-5-4-6-9-12/h4-6,8-9,14H,7,10-12H2,1-3H3;4-6,8-9,13H,7,10-11H2,1-3H3. The fraction of sp³-hybridized carbons (Fsp3) is 0.520. The van der Waals surface area contributed by atoms with Crippen molar-refractivity contribution < 1.29 is 26.6 Å². The van der Waals surface area contributed by atoms with Crippen molar-refractivity contribution in [2.45, 2.75) is 31.5 Å². The molecule has 198 valence electrons. The molecule has 0 bridgehead atoms. The number of para-hydroxylation sites is 1. The Balaban J connectivity index is 0.000000351. The van der Waals surface area contributed by atoms with Gasteiger partial charge in [0, 0.05) is 73.5 Å². The van der Waals surface area contributed by atoms with Gasteiger partial charge in [-0.25, -0.2) is 0 Å². The number of nitrogens with one attached hydrogen (secondary N) is 2. The van der Waals surface area contributed by atoms with Crippen LogP contribution in [0.5, 0.6) is 0 Å². The van der Waals surface area contributed by atoms with Gasteiger partial charge in [0.05, 0.1) is 0 Å². The summed E-state index contributed by atoms with van der Waals surface area (Å²) >= 11 is 0. The van der Waals surface area contributed by atoms with E-state index in [1.165, 1.54) is 5.56 Å². The molecule has 2 rings (SSSR count). The highest BCUT2D eigenvalue weighted by molar-refractivity contribution is 6.60. The van der Waals surface area contributed by atoms with Crippen molar-refractivity contribution in [3.8, 4) is 0 Å². The Hall–Kier alpha value is -1.61. The van der Waals surface area contributed by atoms with Gasteiger partial charge < -0.3 is 37.2 Å². The molecule has 0 spiro atoms. The fourth-order valence-electron chi connectivity index (χ4n) is 3.46. The third-order valence-corrected chi connectivity index (χ3v) is 11.3. The van der Waals surface area contributed by atoms with Crippen molar-refractivity contribution in [3.63, 3.8) is 0 Å². The SMILES string of the molecule is CO[Si](CCCNCc1ccccc1)(OC)OC.CO[Si](CCCNc1ccccc1)(OC)OC. The van der Waals surface area contributed by atoms with Crippen LogP contribution in [-0.4, -0.2) is 73.4 Å². The van der Waals surface area contributed by atoms with E-state index in [4.69, 9.17) is 26.6 Å². The second-order valence-corrected chi connectivity index (χ2v) is 13.9. The maximum Gasteiger partial charge on any atom is 0.500 e. The van der Waals surface area contributed by atoms with Gasteiger partial charge in [-0.2, -0.15) is 0 Å². The van der Waals surface area contributed by atoms with E-state index in [2.05, 4.69) is 34.9 Å². The second-order valence-electron chi connectivity index (χ2n) is 7.75. The summed E-state index contributed by atoms with van der Waals surface area (Å²) in [6.07, 6.45) is 1.94. The third kappa shape index (κ3) is 12.3. The molecule has 0 saturated carbocycles. The van der Waals surface area contributed by atoms with Gasteiger partial charge in [-0.3, -0.25) is 0 Å². The van der Waals surface area contributed by atoms with Crippen LogP contribution in [0.1, 0.15) is 18.4 Å². The van der Waals surface area contributed by atoms with Gasteiger partial charge in [0.15, 0.2) is 0 Å². The minimum atomic E-state index is -2.40. The number of hydrogen-bond donors (Lipinski definition) is 2. The molecule has 2 N–H and O–H groups in total. The summed E-state index contributed by atoms with van der Waals surface area (Å²) in [7, 11) is 5.09. The van der Waals surface area contributed by atoms with Gasteiger partial charge in [-0.1, -0.05) is 48.5 Å². The van der Waals surface area contributed by atoms with Gasteiger partial charge in [0.25, 0.3) is 0 Å². The monoisotopic (exact) mass is 524 g/mol. The first-order valence-electron chi connectivity index (χ1n) is 11.9. The zero-order chi connectivity index (χ0) is 25.8. The zero-order valence-electron chi connectivity index (χ0n) is 22.2. The van der Waals surface area contributed by atoms with Crippen molar-refractivity contribution in [3.05, 3.63) is 66.2 Å². The summed E-state index contributed by atoms with van der Waals surface area (Å²) in [5.74, 6) is 0. The number of anilines is 1. The molecule has 0 fully saturated rings. The average molecular weight is 525 g/mol. The van der Waals surface area contributed by atoms with Gasteiger partial charge in [0.2, 0.25) is 0 Å². The second kappa shape index (κ2) is 18.6. The lowest BCUT2D eigenvalue weighted by Crippen LogP contribution is -2.43. The van der Waals surface area contributed by atoms with E-state index in [-0.39, 0.29) is 0 Å². The fourth-order valence-corrected chi connectivity index (χ4v) is 6.91. The Labute approximate surface area is 214 Å². The maximum atomic E-state index is 5.37. The Morgan fingerprint density at radius 3 is 1.46 bits per heavy atom. The number of benzene rings is 2. The molecule has 2 aromatic carbocycles. The largest absolute Gasteiger partial charge is 0.500 e. The first-order valence-corrected chi connectivity index (χ1v) is 15.7. The molecule has 0 aliphatic carbocycles. The van der Waals surface area contributed by atoms with Crippen LogP contribution in [0.25, 0.3) is 0 Å². The summed E-state index contributed by atoms with van der Waals surface area (Å²) in [6, 6.07) is 22.1. The Kier molecular flexibility index (Phi) is 16.7. The number of hydrogen-bond acceptors (Lipinski definition) is 8. The molecule has 0 heterocycles. The van der Waals surface area contributed by atoms with Crippen LogP contribution >= 0.6 is 0 Å². The van der Waals surface area contributed by atoms with Crippen LogP contribution in [0, 0.1) is 0 Å². The van der Waals surface area contributed by atoms with Gasteiger partial charge in [-0.15, -0.1) is 0 Å². The quantitative estimate of drug-likeness (QED) is 0.233. The lowest BCUT2D eigenvalue weighted by molar-refractivity contribution is 0.122. The minimum absolute atomic E-state index is 0.816. The molecule has 0 unspecified atom stereocenters. The third-order valence-electron chi connectivity index (χ3n) is 5.64. The predicted molar refractivity (Wildman–Crippen MR) is 145 cm³/mol. The van der Waals surface area contributed by atoms with Crippen molar-refractivity contribution in [2.24, 2.45) is 0 Å². The lowest BCUT2D eigenvalue weighted by atomic mass is 10.2. The van der Waals surface area contributed by atoms with E-state index >= 15 is 0 Å². The van der Waals surface area contributed by atoms with Crippen molar-refractivity contribution in [2.75, 3.05) is 61.1 Å². The normalized spacial score (nSPS) is 11.6. The van der Waals surface area contributed by atoms with Crippen molar-refractivity contribution >= 4 is 23.3 Å². The molecule has 35 heavy (non-hydrogen) atoms. The first-order chi connectivity index (χ1) is 17.0. The smallest absolute Gasteiger partial charge is 0.385 e. The van der Waals surface area contributed by atoms with Crippen LogP contribution in [0.3, 0.4) is 0 Å². The molecule has 0 aromatic heterocycles. The van der Waals surface area contributed by atoms with Crippen LogP contribution in [0.2, 0.25) is 12.1 Å². The molecule has 0 amide bonds. The van der Waals surface area contributed by atoms with Crippen molar-refractivity contribution in [1.82, 2.24) is 5.32 Å². The molecule has 10 heteroatoms. The number of rotatable bonds is 17. The van der Waals surface area contributed by atoms with E-state index < -0.39 is 17.6 Å². The van der Waals surface area contributed by atoms with Gasteiger partial charge >= 0.3 is 17.6 Å². The highest BCUT2D eigenvalue weighted by Crippen LogP contribution is 2.16. The predicted octanol–water partition coefficient (Wildman–Crippen LogP) is 4.41. The van der Waals surface area contributed by atoms with Crippen molar-refractivity contribution in [1.29, 1.82) is 0 Å². The maximum absolute atomic E-state index is 5.37. The van der Waals surface area contributed by atoms with Gasteiger partial charge in [-0.05, 0) is 37.1 Å². The summed E-state index contributed by atoms with van der Waals surface area (Å²) in [6.45, 7) is 2.71. The molecule has 0 aliphatic rings. The molecule has 0 radical (unpaired) electrons. The molecule has 0 atom stereocenters. The first kappa shape index (κ1) is 31.4. The molecule has 8 nitrogen and oxygen atoms in total. The van der Waals surface area contributed by atoms with E-state index in [9.17, 15) is 0 Å². The van der Waals surface area contributed by atoms with E-state index in [1.807, 2.05) is 36.4 Å². The van der Waals surface area contributed by atoms with Crippen LogP contribution in [-0.2, 0) is 33.1 Å². The minimum Gasteiger partial charge on any atom is -0.385 e. The molecular formula is C25H44N2O6Si2. The summed E-state index contributed by atoms with van der Waals surface area (Å²) < 4.78 is 32.2. The van der Waals surface area contributed by atoms with E-state index in [0.717, 1.165) is 50.3 Å². The summed E-state index contributed by atoms with van der Waals surface area (Å²) in [5.41, 5.74) is 2.43. The lowest BCUT2D eigenvalue weighted by Gasteiger charge is -2.24. The van der Waals surface area contributed by atoms with E-state index in [1.54, 1.807) is 42.7 Å². The molecular weight excluding hydrogens is 480 g/mol. The topological polar surface area (TPSA) is 79.4 Å². The van der Waals surface area contributed by atoms with Crippen LogP contribution in [0.15, 0.2) is 60.7 Å². The van der Waals surface area contributed by atoms with Crippen LogP contribution < -0.4 is 10.6 Å². The zero-order valence-corrected chi connectivity index (χ0v) is 24.2. The Morgan fingerprint density at radius 1 is 0.571 bits per heavy atom.